The van der Waals surface area contributed by atoms with Crippen LogP contribution >= 0.6 is 11.6 Å². The lowest BCUT2D eigenvalue weighted by Gasteiger charge is -2.15. The van der Waals surface area contributed by atoms with Crippen LogP contribution in [0.25, 0.3) is 5.57 Å². The number of nitrogens with one attached hydrogen (secondary N) is 1. The van der Waals surface area contributed by atoms with Gasteiger partial charge in [0.2, 0.25) is 0 Å². The van der Waals surface area contributed by atoms with E-state index in [9.17, 15) is 13.2 Å². The lowest BCUT2D eigenvalue weighted by Crippen LogP contribution is -2.21. The molecule has 2 fully saturated rings. The predicted octanol–water partition coefficient (Wildman–Crippen LogP) is 4.06. The van der Waals surface area contributed by atoms with Gasteiger partial charge >= 0.3 is 0 Å². The van der Waals surface area contributed by atoms with Crippen molar-refractivity contribution in [3.05, 3.63) is 69.1 Å². The van der Waals surface area contributed by atoms with Gasteiger partial charge in [-0.1, -0.05) is 36.7 Å². The Hall–Kier alpha value is -1.93. The van der Waals surface area contributed by atoms with Gasteiger partial charge < -0.3 is 4.98 Å². The fraction of sp³-hybridized carbons (Fsp3) is 0.435. The largest absolute Gasteiger partial charge is 0.321 e. The van der Waals surface area contributed by atoms with E-state index in [0.717, 1.165) is 49.9 Å². The topological polar surface area (TPSA) is 79.5 Å². The quantitative estimate of drug-likeness (QED) is 0.640. The minimum atomic E-state index is -3.24. The van der Waals surface area contributed by atoms with Crippen LogP contribution in [0.2, 0.25) is 5.02 Å². The van der Waals surface area contributed by atoms with E-state index in [4.69, 9.17) is 16.4 Å². The van der Waals surface area contributed by atoms with Gasteiger partial charge in [-0.3, -0.25) is 9.63 Å². The van der Waals surface area contributed by atoms with Gasteiger partial charge in [0.25, 0.3) is 5.56 Å². The highest BCUT2D eigenvalue weighted by Gasteiger charge is 2.36. The molecule has 1 aliphatic heterocycles. The maximum atomic E-state index is 12.5. The van der Waals surface area contributed by atoms with Gasteiger partial charge in [-0.15, -0.1) is 0 Å². The van der Waals surface area contributed by atoms with Crippen LogP contribution in [0.3, 0.4) is 0 Å². The summed E-state index contributed by atoms with van der Waals surface area (Å²) in [5.74, 6) is 0.251. The van der Waals surface area contributed by atoms with Gasteiger partial charge in [0.05, 0.1) is 16.8 Å². The molecule has 0 unspecified atom stereocenters. The summed E-state index contributed by atoms with van der Waals surface area (Å²) >= 11 is 5.92. The van der Waals surface area contributed by atoms with E-state index in [-0.39, 0.29) is 21.7 Å². The average Bonchev–Trinajstić information content (AvgIpc) is 3.54. The molecule has 4 rings (SSSR count). The number of halogens is 1. The first-order chi connectivity index (χ1) is 14.9. The Morgan fingerprint density at radius 3 is 2.58 bits per heavy atom. The molecule has 166 valence electrons. The minimum Gasteiger partial charge on any atom is -0.321 e. The highest BCUT2D eigenvalue weighted by molar-refractivity contribution is 7.92. The maximum absolute atomic E-state index is 12.5. The number of benzene rings is 1. The van der Waals surface area contributed by atoms with E-state index >= 15 is 0 Å². The van der Waals surface area contributed by atoms with Crippen molar-refractivity contribution < 1.29 is 13.3 Å². The fourth-order valence-electron chi connectivity index (χ4n) is 3.81. The zero-order valence-electron chi connectivity index (χ0n) is 17.5. The third kappa shape index (κ3) is 5.12. The number of rotatable bonds is 8. The van der Waals surface area contributed by atoms with Gasteiger partial charge in [-0.05, 0) is 61.4 Å². The van der Waals surface area contributed by atoms with Crippen molar-refractivity contribution in [2.75, 3.05) is 19.7 Å². The first-order valence-electron chi connectivity index (χ1n) is 10.7. The molecule has 1 aromatic carbocycles. The molecule has 1 saturated heterocycles. The Morgan fingerprint density at radius 2 is 1.94 bits per heavy atom. The van der Waals surface area contributed by atoms with Crippen LogP contribution in [-0.4, -0.2) is 43.4 Å². The first-order valence-corrected chi connectivity index (χ1v) is 12.6. The Bertz CT molecular complexity index is 1120. The molecule has 1 aliphatic carbocycles. The fourth-order valence-corrected chi connectivity index (χ4v) is 5.58. The zero-order chi connectivity index (χ0) is 22.0. The number of aromatic amines is 1. The number of aromatic nitrogens is 1. The SMILES string of the molecule is CCCON1CC[C@H](/C=C(\c2ccc(S(=O)(=O)C3CC3)cc2)c2ccc(Cl)c(=O)[nH]2)C1. The van der Waals surface area contributed by atoms with Crippen molar-refractivity contribution in [2.24, 2.45) is 5.92 Å². The molecule has 1 aromatic heterocycles. The molecule has 8 heteroatoms. The van der Waals surface area contributed by atoms with Crippen LogP contribution in [0.5, 0.6) is 0 Å². The standard InChI is InChI=1S/C23H27ClN2O4S/c1-2-13-30-26-12-11-16(15-26)14-20(22-10-9-21(24)23(27)25-22)17-3-5-18(6-4-17)31(28,29)19-7-8-19/h3-6,9-10,14,16,19H,2,7-8,11-13,15H2,1H3,(H,25,27)/b20-14+/t16-/m1/s1. The average molecular weight is 463 g/mol. The smallest absolute Gasteiger partial charge is 0.267 e. The van der Waals surface area contributed by atoms with Crippen molar-refractivity contribution in [3.63, 3.8) is 0 Å². The van der Waals surface area contributed by atoms with Crippen molar-refractivity contribution in [1.82, 2.24) is 10.0 Å². The molecule has 0 amide bonds. The summed E-state index contributed by atoms with van der Waals surface area (Å²) < 4.78 is 25.1. The summed E-state index contributed by atoms with van der Waals surface area (Å²) in [5.41, 5.74) is 2.00. The normalized spacial score (nSPS) is 20.3. The van der Waals surface area contributed by atoms with Gasteiger partial charge in [0, 0.05) is 24.4 Å². The number of H-pyrrole nitrogens is 1. The Balaban J connectivity index is 1.66. The molecule has 6 nitrogen and oxygen atoms in total. The van der Waals surface area contributed by atoms with Gasteiger partial charge in [-0.2, -0.15) is 5.06 Å². The van der Waals surface area contributed by atoms with Gasteiger partial charge in [0.1, 0.15) is 5.02 Å². The molecule has 0 spiro atoms. The van der Waals surface area contributed by atoms with E-state index in [1.807, 2.05) is 17.2 Å². The molecule has 1 saturated carbocycles. The number of pyridine rings is 1. The van der Waals surface area contributed by atoms with E-state index in [2.05, 4.69) is 18.0 Å². The minimum absolute atomic E-state index is 0.133. The van der Waals surface area contributed by atoms with E-state index in [0.29, 0.717) is 17.2 Å². The molecule has 1 N–H and O–H groups in total. The van der Waals surface area contributed by atoms with E-state index in [1.165, 1.54) is 0 Å². The van der Waals surface area contributed by atoms with E-state index < -0.39 is 9.84 Å². The second-order valence-corrected chi connectivity index (χ2v) is 10.8. The summed E-state index contributed by atoms with van der Waals surface area (Å²) in [6, 6.07) is 10.3. The molecule has 2 aliphatic rings. The number of hydrogen-bond acceptors (Lipinski definition) is 5. The van der Waals surface area contributed by atoms with Crippen LogP contribution in [-0.2, 0) is 14.7 Å². The summed E-state index contributed by atoms with van der Waals surface area (Å²) in [4.78, 5) is 21.1. The molecule has 0 radical (unpaired) electrons. The molecule has 31 heavy (non-hydrogen) atoms. The van der Waals surface area contributed by atoms with Crippen molar-refractivity contribution in [3.8, 4) is 0 Å². The second-order valence-electron chi connectivity index (χ2n) is 8.17. The highest BCUT2D eigenvalue weighted by Crippen LogP contribution is 2.34. The number of hydrogen-bond donors (Lipinski definition) is 1. The van der Waals surface area contributed by atoms with Crippen LogP contribution in [0.1, 0.15) is 43.9 Å². The molecule has 1 atom stereocenters. The Kier molecular flexibility index (Phi) is 6.67. The highest BCUT2D eigenvalue weighted by atomic mass is 35.5. The van der Waals surface area contributed by atoms with Crippen LogP contribution in [0, 0.1) is 5.92 Å². The first kappa shape index (κ1) is 22.3. The lowest BCUT2D eigenvalue weighted by atomic mass is 9.96. The second kappa shape index (κ2) is 9.28. The number of hydroxylamine groups is 2. The van der Waals surface area contributed by atoms with E-state index in [1.54, 1.807) is 24.3 Å². The predicted molar refractivity (Wildman–Crippen MR) is 122 cm³/mol. The summed E-state index contributed by atoms with van der Waals surface area (Å²) in [6.07, 6.45) is 5.52. The van der Waals surface area contributed by atoms with Crippen LogP contribution in [0.15, 0.2) is 52.2 Å². The zero-order valence-corrected chi connectivity index (χ0v) is 19.1. The van der Waals surface area contributed by atoms with Crippen molar-refractivity contribution >= 4 is 27.0 Å². The van der Waals surface area contributed by atoms with Crippen LogP contribution < -0.4 is 5.56 Å². The monoisotopic (exact) mass is 462 g/mol. The maximum Gasteiger partial charge on any atom is 0.267 e. The third-order valence-electron chi connectivity index (χ3n) is 5.68. The molecular formula is C23H27ClN2O4S. The molecule has 0 bridgehead atoms. The third-order valence-corrected chi connectivity index (χ3v) is 8.25. The number of nitrogens with zero attached hydrogens (tertiary/aromatic N) is 1. The summed E-state index contributed by atoms with van der Waals surface area (Å²) in [7, 11) is -3.24. The molecule has 2 aromatic rings. The summed E-state index contributed by atoms with van der Waals surface area (Å²) in [5, 5.41) is 1.88. The summed E-state index contributed by atoms with van der Waals surface area (Å²) in [6.45, 7) is 4.40. The van der Waals surface area contributed by atoms with Gasteiger partial charge in [-0.25, -0.2) is 8.42 Å². The Morgan fingerprint density at radius 1 is 1.19 bits per heavy atom. The molecular weight excluding hydrogens is 436 g/mol. The lowest BCUT2D eigenvalue weighted by molar-refractivity contribution is -0.143. The van der Waals surface area contributed by atoms with Crippen LogP contribution in [0.4, 0.5) is 0 Å². The van der Waals surface area contributed by atoms with Gasteiger partial charge in [0.15, 0.2) is 9.84 Å². The molecule has 2 heterocycles. The number of sulfone groups is 1. The van der Waals surface area contributed by atoms with Crippen molar-refractivity contribution in [1.29, 1.82) is 0 Å². The van der Waals surface area contributed by atoms with Crippen molar-refractivity contribution in [2.45, 2.75) is 42.8 Å². The Labute approximate surface area is 187 Å².